The molecule has 1 aromatic carbocycles. The zero-order valence-electron chi connectivity index (χ0n) is 17.8. The number of carbonyl (C=O) groups is 1. The fraction of sp³-hybridized carbons (Fsp3) is 0.240. The first-order chi connectivity index (χ1) is 16.0. The van der Waals surface area contributed by atoms with Gasteiger partial charge in [0.1, 0.15) is 16.6 Å². The number of H-pyrrole nitrogens is 1. The molecule has 3 aromatic heterocycles. The number of pyridine rings is 2. The van der Waals surface area contributed by atoms with Gasteiger partial charge in [-0.2, -0.15) is 0 Å². The summed E-state index contributed by atoms with van der Waals surface area (Å²) in [7, 11) is 0. The summed E-state index contributed by atoms with van der Waals surface area (Å²) in [6, 6.07) is 15.3. The Balaban J connectivity index is 1.23. The number of rotatable bonds is 5. The lowest BCUT2D eigenvalue weighted by Crippen LogP contribution is -2.40. The van der Waals surface area contributed by atoms with Gasteiger partial charge in [-0.1, -0.05) is 29.3 Å². The predicted molar refractivity (Wildman–Crippen MR) is 133 cm³/mol. The second-order valence-corrected chi connectivity index (χ2v) is 9.17. The van der Waals surface area contributed by atoms with Crippen LogP contribution in [0.1, 0.15) is 36.0 Å². The van der Waals surface area contributed by atoms with Crippen LogP contribution in [0, 0.1) is 0 Å². The van der Waals surface area contributed by atoms with E-state index in [1.54, 1.807) is 30.5 Å². The Bertz CT molecular complexity index is 1300. The van der Waals surface area contributed by atoms with Crippen molar-refractivity contribution in [3.63, 3.8) is 0 Å². The topological polar surface area (TPSA) is 82.7 Å². The zero-order chi connectivity index (χ0) is 22.8. The molecule has 0 aliphatic heterocycles. The number of anilines is 1. The third-order valence-corrected chi connectivity index (χ3v) is 6.49. The average molecular weight is 480 g/mol. The van der Waals surface area contributed by atoms with Gasteiger partial charge in [0.05, 0.1) is 0 Å². The van der Waals surface area contributed by atoms with Crippen LogP contribution in [0.2, 0.25) is 10.2 Å². The van der Waals surface area contributed by atoms with Crippen LogP contribution in [-0.2, 0) is 0 Å². The predicted octanol–water partition coefficient (Wildman–Crippen LogP) is 6.08. The van der Waals surface area contributed by atoms with Gasteiger partial charge < -0.3 is 15.6 Å². The number of fused-ring (bicyclic) bond motifs is 1. The molecular formula is C25H23Cl2N5O. The van der Waals surface area contributed by atoms with Gasteiger partial charge in [-0.15, -0.1) is 0 Å². The van der Waals surface area contributed by atoms with E-state index in [0.717, 1.165) is 53.7 Å². The Morgan fingerprint density at radius 3 is 2.64 bits per heavy atom. The summed E-state index contributed by atoms with van der Waals surface area (Å²) >= 11 is 12.4. The van der Waals surface area contributed by atoms with E-state index in [2.05, 4.69) is 25.6 Å². The lowest BCUT2D eigenvalue weighted by atomic mass is 9.91. The molecule has 1 saturated carbocycles. The van der Waals surface area contributed by atoms with Crippen LogP contribution < -0.4 is 10.6 Å². The highest BCUT2D eigenvalue weighted by Gasteiger charge is 2.23. The minimum atomic E-state index is -0.0803. The van der Waals surface area contributed by atoms with Gasteiger partial charge in [0.2, 0.25) is 0 Å². The summed E-state index contributed by atoms with van der Waals surface area (Å²) in [5.41, 5.74) is 3.45. The van der Waals surface area contributed by atoms with Crippen molar-refractivity contribution in [3.05, 3.63) is 76.7 Å². The summed E-state index contributed by atoms with van der Waals surface area (Å²) in [6.07, 6.45) is 7.36. The minimum absolute atomic E-state index is 0.0803. The van der Waals surface area contributed by atoms with Crippen molar-refractivity contribution in [2.24, 2.45) is 0 Å². The molecular weight excluding hydrogens is 457 g/mol. The van der Waals surface area contributed by atoms with Crippen LogP contribution >= 0.6 is 23.2 Å². The molecule has 0 bridgehead atoms. The molecule has 3 N–H and O–H groups in total. The number of amides is 1. The van der Waals surface area contributed by atoms with Crippen LogP contribution in [0.15, 0.2) is 60.9 Å². The largest absolute Gasteiger partial charge is 0.367 e. The van der Waals surface area contributed by atoms with E-state index in [9.17, 15) is 4.79 Å². The summed E-state index contributed by atoms with van der Waals surface area (Å²) in [6.45, 7) is 0. The molecule has 5 rings (SSSR count). The van der Waals surface area contributed by atoms with Crippen molar-refractivity contribution in [1.82, 2.24) is 20.3 Å². The first-order valence-electron chi connectivity index (χ1n) is 11.0. The van der Waals surface area contributed by atoms with E-state index in [0.29, 0.717) is 15.7 Å². The SMILES string of the molecule is O=C(NC1CCC(Nc2cc(-c3c[nH]c4ncccc34)cc(Cl)n2)CC1)c1cccc(Cl)c1. The van der Waals surface area contributed by atoms with Crippen molar-refractivity contribution in [1.29, 1.82) is 0 Å². The molecule has 168 valence electrons. The smallest absolute Gasteiger partial charge is 0.251 e. The van der Waals surface area contributed by atoms with E-state index in [1.165, 1.54) is 0 Å². The van der Waals surface area contributed by atoms with Gasteiger partial charge >= 0.3 is 0 Å². The highest BCUT2D eigenvalue weighted by Crippen LogP contribution is 2.31. The second-order valence-electron chi connectivity index (χ2n) is 8.34. The van der Waals surface area contributed by atoms with E-state index in [-0.39, 0.29) is 18.0 Å². The first-order valence-corrected chi connectivity index (χ1v) is 11.7. The van der Waals surface area contributed by atoms with Gasteiger partial charge in [0.15, 0.2) is 0 Å². The molecule has 8 heteroatoms. The molecule has 0 atom stereocenters. The maximum Gasteiger partial charge on any atom is 0.251 e. The fourth-order valence-electron chi connectivity index (χ4n) is 4.41. The monoisotopic (exact) mass is 479 g/mol. The molecule has 4 aromatic rings. The molecule has 33 heavy (non-hydrogen) atoms. The van der Waals surface area contributed by atoms with Gasteiger partial charge in [-0.3, -0.25) is 4.79 Å². The third-order valence-electron chi connectivity index (χ3n) is 6.06. The number of nitrogens with one attached hydrogen (secondary N) is 3. The Kier molecular flexibility index (Phi) is 6.20. The van der Waals surface area contributed by atoms with Crippen LogP contribution in [0.4, 0.5) is 5.82 Å². The van der Waals surface area contributed by atoms with Crippen molar-refractivity contribution in [3.8, 4) is 11.1 Å². The van der Waals surface area contributed by atoms with Crippen LogP contribution in [-0.4, -0.2) is 32.9 Å². The molecule has 3 heterocycles. The van der Waals surface area contributed by atoms with E-state index < -0.39 is 0 Å². The highest BCUT2D eigenvalue weighted by molar-refractivity contribution is 6.31. The molecule has 1 aliphatic rings. The summed E-state index contributed by atoms with van der Waals surface area (Å²) in [5, 5.41) is 8.71. The molecule has 0 unspecified atom stereocenters. The Morgan fingerprint density at radius 1 is 1.00 bits per heavy atom. The Labute approximate surface area is 201 Å². The zero-order valence-corrected chi connectivity index (χ0v) is 19.3. The van der Waals surface area contributed by atoms with E-state index >= 15 is 0 Å². The highest BCUT2D eigenvalue weighted by atomic mass is 35.5. The van der Waals surface area contributed by atoms with Gasteiger partial charge in [0, 0.05) is 46.0 Å². The molecule has 0 saturated heterocycles. The molecule has 1 amide bonds. The molecule has 0 radical (unpaired) electrons. The molecule has 0 spiro atoms. The van der Waals surface area contributed by atoms with E-state index in [4.69, 9.17) is 23.2 Å². The quantitative estimate of drug-likeness (QED) is 0.302. The summed E-state index contributed by atoms with van der Waals surface area (Å²) in [4.78, 5) is 24.5. The fourth-order valence-corrected chi connectivity index (χ4v) is 4.81. The first kappa shape index (κ1) is 21.7. The van der Waals surface area contributed by atoms with Crippen LogP contribution in [0.3, 0.4) is 0 Å². The summed E-state index contributed by atoms with van der Waals surface area (Å²) in [5.74, 6) is 0.672. The van der Waals surface area contributed by atoms with Crippen molar-refractivity contribution < 1.29 is 4.79 Å². The maximum absolute atomic E-state index is 12.5. The number of carbonyl (C=O) groups excluding carboxylic acids is 1. The number of halogens is 2. The standard InChI is InChI=1S/C25H23Cl2N5O/c26-17-4-1-3-15(11-17)25(33)31-19-8-6-18(7-9-19)30-23-13-16(12-22(27)32-23)21-14-29-24-20(21)5-2-10-28-24/h1-5,10-14,18-19H,6-9H2,(H,28,29)(H,30,32)(H,31,33). The van der Waals surface area contributed by atoms with Crippen molar-refractivity contribution in [2.75, 3.05) is 5.32 Å². The van der Waals surface area contributed by atoms with Gasteiger partial charge in [0.25, 0.3) is 5.91 Å². The molecule has 1 fully saturated rings. The van der Waals surface area contributed by atoms with Crippen molar-refractivity contribution in [2.45, 2.75) is 37.8 Å². The van der Waals surface area contributed by atoms with Crippen molar-refractivity contribution >= 4 is 46.0 Å². The number of aromatic nitrogens is 3. The second kappa shape index (κ2) is 9.41. The lowest BCUT2D eigenvalue weighted by molar-refractivity contribution is 0.0926. The van der Waals surface area contributed by atoms with E-state index in [1.807, 2.05) is 30.5 Å². The number of hydrogen-bond donors (Lipinski definition) is 3. The molecule has 1 aliphatic carbocycles. The number of aromatic amines is 1. The minimum Gasteiger partial charge on any atom is -0.367 e. The Hall–Kier alpha value is -3.09. The lowest BCUT2D eigenvalue weighted by Gasteiger charge is -2.30. The summed E-state index contributed by atoms with van der Waals surface area (Å²) < 4.78 is 0. The Morgan fingerprint density at radius 2 is 1.82 bits per heavy atom. The average Bonchev–Trinajstić information content (AvgIpc) is 3.24. The number of nitrogens with zero attached hydrogens (tertiary/aromatic N) is 2. The van der Waals surface area contributed by atoms with Crippen LogP contribution in [0.5, 0.6) is 0 Å². The van der Waals surface area contributed by atoms with Gasteiger partial charge in [-0.05, 0) is 73.7 Å². The number of hydrogen-bond acceptors (Lipinski definition) is 4. The maximum atomic E-state index is 12.5. The van der Waals surface area contributed by atoms with Crippen LogP contribution in [0.25, 0.3) is 22.2 Å². The number of benzene rings is 1. The normalized spacial score (nSPS) is 18.2. The molecule has 6 nitrogen and oxygen atoms in total. The third kappa shape index (κ3) is 4.97. The van der Waals surface area contributed by atoms with Gasteiger partial charge in [-0.25, -0.2) is 9.97 Å².